The number of hydrogen-bond donors (Lipinski definition) is 3. The van der Waals surface area contributed by atoms with E-state index >= 15 is 0 Å². The Morgan fingerprint density at radius 3 is 2.58 bits per heavy atom. The quantitative estimate of drug-likeness (QED) is 0.356. The lowest BCUT2D eigenvalue weighted by atomic mass is 10.1. The van der Waals surface area contributed by atoms with Gasteiger partial charge in [0.25, 0.3) is 0 Å². The van der Waals surface area contributed by atoms with Gasteiger partial charge in [-0.15, -0.1) is 0 Å². The second-order valence-corrected chi connectivity index (χ2v) is 3.16. The molecule has 0 aromatic carbocycles. The molecule has 1 fully saturated rings. The molecule has 0 aromatic rings. The average molecular weight is 170 g/mol. The average Bonchev–Trinajstić information content (AvgIpc) is 2.64. The van der Waals surface area contributed by atoms with Crippen LogP contribution in [0.3, 0.4) is 0 Å². The molecule has 0 saturated heterocycles. The molecule has 1 aliphatic carbocycles. The summed E-state index contributed by atoms with van der Waals surface area (Å²) in [7, 11) is 0. The van der Waals surface area contributed by atoms with Gasteiger partial charge in [-0.1, -0.05) is 0 Å². The molecule has 6 N–H and O–H groups in total. The Kier molecular flexibility index (Phi) is 2.32. The van der Waals surface area contributed by atoms with Crippen LogP contribution < -0.4 is 17.2 Å². The number of guanidine groups is 1. The summed E-state index contributed by atoms with van der Waals surface area (Å²) in [4.78, 5) is 14.7. The van der Waals surface area contributed by atoms with Crippen molar-refractivity contribution in [1.82, 2.24) is 0 Å². The van der Waals surface area contributed by atoms with Crippen molar-refractivity contribution in [2.45, 2.75) is 25.4 Å². The number of carbonyl (C=O) groups is 1. The fourth-order valence-electron chi connectivity index (χ4n) is 1.23. The molecule has 0 aromatic heterocycles. The van der Waals surface area contributed by atoms with Crippen LogP contribution >= 0.6 is 0 Å². The highest BCUT2D eigenvalue weighted by atomic mass is 16.1. The summed E-state index contributed by atoms with van der Waals surface area (Å²) < 4.78 is 0. The number of hydrogen-bond acceptors (Lipinski definition) is 3. The van der Waals surface area contributed by atoms with Crippen molar-refractivity contribution in [1.29, 1.82) is 0 Å². The zero-order chi connectivity index (χ0) is 9.30. The number of aliphatic imine (C=N–C) groups is 1. The fraction of sp³-hybridized carbons (Fsp3) is 0.714. The summed E-state index contributed by atoms with van der Waals surface area (Å²) in [6, 6.07) is -0.341. The zero-order valence-corrected chi connectivity index (χ0v) is 7.03. The molecule has 0 bridgehead atoms. The van der Waals surface area contributed by atoms with Crippen LogP contribution in [0.1, 0.15) is 13.3 Å². The van der Waals surface area contributed by atoms with E-state index in [0.29, 0.717) is 0 Å². The predicted molar refractivity (Wildman–Crippen MR) is 46.4 cm³/mol. The third-order valence-electron chi connectivity index (χ3n) is 2.05. The third-order valence-corrected chi connectivity index (χ3v) is 2.05. The van der Waals surface area contributed by atoms with E-state index in [4.69, 9.17) is 17.2 Å². The molecule has 1 rings (SSSR count). The molecule has 0 radical (unpaired) electrons. The molecule has 5 nitrogen and oxygen atoms in total. The number of nitrogens with zero attached hydrogens (tertiary/aromatic N) is 1. The van der Waals surface area contributed by atoms with Crippen molar-refractivity contribution < 1.29 is 4.79 Å². The largest absolute Gasteiger partial charge is 0.370 e. The molecule has 0 aliphatic heterocycles. The summed E-state index contributed by atoms with van der Waals surface area (Å²) in [6.45, 7) is 1.48. The van der Waals surface area contributed by atoms with Crippen LogP contribution in [0.4, 0.5) is 0 Å². The highest BCUT2D eigenvalue weighted by Gasteiger charge is 2.43. The van der Waals surface area contributed by atoms with Crippen molar-refractivity contribution in [2.24, 2.45) is 28.1 Å². The maximum Gasteiger partial charge on any atom is 0.186 e. The molecule has 3 atom stereocenters. The normalized spacial score (nSPS) is 29.2. The molecule has 0 heterocycles. The van der Waals surface area contributed by atoms with Gasteiger partial charge >= 0.3 is 0 Å². The van der Waals surface area contributed by atoms with Crippen molar-refractivity contribution in [3.63, 3.8) is 0 Å². The van der Waals surface area contributed by atoms with Crippen LogP contribution in [-0.4, -0.2) is 23.8 Å². The number of rotatable bonds is 3. The maximum atomic E-state index is 10.8. The summed E-state index contributed by atoms with van der Waals surface area (Å²) in [5.74, 6) is 0.205. The lowest BCUT2D eigenvalue weighted by molar-refractivity contribution is -0.118. The van der Waals surface area contributed by atoms with Gasteiger partial charge in [0, 0.05) is 5.92 Å². The Hall–Kier alpha value is -1.10. The lowest BCUT2D eigenvalue weighted by Crippen LogP contribution is -2.32. The molecule has 12 heavy (non-hydrogen) atoms. The van der Waals surface area contributed by atoms with E-state index in [9.17, 15) is 4.79 Å². The van der Waals surface area contributed by atoms with E-state index in [1.165, 1.54) is 6.92 Å². The molecule has 0 spiro atoms. The van der Waals surface area contributed by atoms with Gasteiger partial charge in [-0.3, -0.25) is 4.79 Å². The minimum absolute atomic E-state index is 0.00621. The van der Waals surface area contributed by atoms with Crippen LogP contribution in [0.15, 0.2) is 4.99 Å². The first-order chi connectivity index (χ1) is 5.52. The zero-order valence-electron chi connectivity index (χ0n) is 7.03. The Morgan fingerprint density at radius 2 is 2.17 bits per heavy atom. The summed E-state index contributed by atoms with van der Waals surface area (Å²) in [5.41, 5.74) is 15.9. The molecule has 1 saturated carbocycles. The minimum atomic E-state index is -0.405. The van der Waals surface area contributed by atoms with Gasteiger partial charge in [0.2, 0.25) is 0 Å². The Bertz CT molecular complexity index is 221. The molecular weight excluding hydrogens is 156 g/mol. The summed E-state index contributed by atoms with van der Waals surface area (Å²) in [5, 5.41) is 0. The first-order valence-electron chi connectivity index (χ1n) is 3.87. The third kappa shape index (κ3) is 1.94. The van der Waals surface area contributed by atoms with Gasteiger partial charge < -0.3 is 17.2 Å². The monoisotopic (exact) mass is 170 g/mol. The summed E-state index contributed by atoms with van der Waals surface area (Å²) >= 11 is 0. The molecule has 5 heteroatoms. The standard InChI is InChI=1S/C7H14N4O/c1-3(12)6(8)4-2-5(4)11-7(9)10/h4-6H,2,8H2,1H3,(H4,9,10,11). The Labute approximate surface area is 71.0 Å². The first kappa shape index (κ1) is 8.99. The van der Waals surface area contributed by atoms with E-state index in [2.05, 4.69) is 4.99 Å². The van der Waals surface area contributed by atoms with E-state index in [0.717, 1.165) is 6.42 Å². The number of carbonyl (C=O) groups excluding carboxylic acids is 1. The van der Waals surface area contributed by atoms with E-state index < -0.39 is 6.04 Å². The van der Waals surface area contributed by atoms with Gasteiger partial charge in [-0.2, -0.15) is 0 Å². The first-order valence-corrected chi connectivity index (χ1v) is 3.87. The van der Waals surface area contributed by atoms with Gasteiger partial charge in [0.15, 0.2) is 5.96 Å². The van der Waals surface area contributed by atoms with Crippen molar-refractivity contribution in [2.75, 3.05) is 0 Å². The number of Topliss-reactive ketones (excluding diaryl/α,β-unsaturated/α-hetero) is 1. The van der Waals surface area contributed by atoms with Crippen molar-refractivity contribution >= 4 is 11.7 Å². The van der Waals surface area contributed by atoms with E-state index in [1.54, 1.807) is 0 Å². The maximum absolute atomic E-state index is 10.8. The van der Waals surface area contributed by atoms with Gasteiger partial charge in [0.1, 0.15) is 5.78 Å². The molecule has 1 aliphatic rings. The van der Waals surface area contributed by atoms with E-state index in [-0.39, 0.29) is 23.7 Å². The topological polar surface area (TPSA) is 107 Å². The Balaban J connectivity index is 2.42. The van der Waals surface area contributed by atoms with Gasteiger partial charge in [-0.25, -0.2) is 4.99 Å². The molecular formula is C7H14N4O. The Morgan fingerprint density at radius 1 is 1.58 bits per heavy atom. The summed E-state index contributed by atoms with van der Waals surface area (Å²) in [6.07, 6.45) is 0.818. The number of nitrogens with two attached hydrogens (primary N) is 3. The van der Waals surface area contributed by atoms with Gasteiger partial charge in [-0.05, 0) is 13.3 Å². The smallest absolute Gasteiger partial charge is 0.186 e. The van der Waals surface area contributed by atoms with Crippen LogP contribution in [0.2, 0.25) is 0 Å². The molecule has 68 valence electrons. The lowest BCUT2D eigenvalue weighted by Gasteiger charge is -2.03. The second kappa shape index (κ2) is 3.10. The van der Waals surface area contributed by atoms with E-state index in [1.807, 2.05) is 0 Å². The van der Waals surface area contributed by atoms with Crippen LogP contribution in [-0.2, 0) is 4.79 Å². The second-order valence-electron chi connectivity index (χ2n) is 3.16. The molecule has 3 unspecified atom stereocenters. The number of ketones is 1. The van der Waals surface area contributed by atoms with Crippen LogP contribution in [0.5, 0.6) is 0 Å². The van der Waals surface area contributed by atoms with Crippen LogP contribution in [0.25, 0.3) is 0 Å². The van der Waals surface area contributed by atoms with Crippen molar-refractivity contribution in [3.8, 4) is 0 Å². The minimum Gasteiger partial charge on any atom is -0.370 e. The SMILES string of the molecule is CC(=O)C(N)C1CC1N=C(N)N. The molecule has 0 amide bonds. The predicted octanol–water partition coefficient (Wildman–Crippen LogP) is -1.44. The highest BCUT2D eigenvalue weighted by Crippen LogP contribution is 2.36. The van der Waals surface area contributed by atoms with Crippen LogP contribution in [0, 0.1) is 5.92 Å². The van der Waals surface area contributed by atoms with Crippen molar-refractivity contribution in [3.05, 3.63) is 0 Å². The highest BCUT2D eigenvalue weighted by molar-refractivity contribution is 5.82. The fourth-order valence-corrected chi connectivity index (χ4v) is 1.23. The van der Waals surface area contributed by atoms with Gasteiger partial charge in [0.05, 0.1) is 12.1 Å².